The fourth-order valence-electron chi connectivity index (χ4n) is 3.90. The van der Waals surface area contributed by atoms with Crippen LogP contribution in [-0.2, 0) is 22.2 Å². The van der Waals surface area contributed by atoms with E-state index < -0.39 is 53.0 Å². The van der Waals surface area contributed by atoms with E-state index in [1.54, 1.807) is 20.8 Å². The summed E-state index contributed by atoms with van der Waals surface area (Å²) in [6, 6.07) is 6.84. The van der Waals surface area contributed by atoms with Crippen molar-refractivity contribution in [2.45, 2.75) is 51.0 Å². The SMILES string of the molecule is CC(c1ccc(C(=O)NCC(=O)OC(C)(C)C)cc1Cl)C(O)(c1ccc2oc(=O)n(C)c2c1)C(F)(F)F. The summed E-state index contributed by atoms with van der Waals surface area (Å²) in [6.07, 6.45) is -5.14. The van der Waals surface area contributed by atoms with Crippen molar-refractivity contribution in [2.75, 3.05) is 6.54 Å². The molecule has 0 radical (unpaired) electrons. The second kappa shape index (κ2) is 9.86. The van der Waals surface area contributed by atoms with Crippen LogP contribution in [0.1, 0.15) is 55.1 Å². The number of nitrogens with zero attached hydrogens (tertiary/aromatic N) is 1. The number of oxazole rings is 1. The molecule has 2 unspecified atom stereocenters. The van der Waals surface area contributed by atoms with Gasteiger partial charge in [-0.1, -0.05) is 30.7 Å². The third-order valence-corrected chi connectivity index (χ3v) is 6.16. The molecule has 12 heteroatoms. The normalized spacial score (nSPS) is 14.8. The molecule has 0 fully saturated rings. The monoisotopic (exact) mass is 542 g/mol. The molecule has 2 N–H and O–H groups in total. The number of ether oxygens (including phenoxy) is 1. The predicted molar refractivity (Wildman–Crippen MR) is 129 cm³/mol. The molecule has 0 saturated heterocycles. The number of carbonyl (C=O) groups is 2. The van der Waals surface area contributed by atoms with Crippen molar-refractivity contribution in [3.8, 4) is 0 Å². The molecule has 1 heterocycles. The number of aromatic nitrogens is 1. The standard InChI is InChI=1S/C25H26ClF3N2O6/c1-13(16-8-6-14(10-17(16)26)21(33)30-12-20(32)37-23(2,3)4)24(35,25(27,28)29)15-7-9-19-18(11-15)31(5)22(34)36-19/h6-11,13,35H,12H2,1-5H3,(H,30,33). The topological polar surface area (TPSA) is 111 Å². The van der Waals surface area contributed by atoms with Gasteiger partial charge in [0.1, 0.15) is 12.1 Å². The number of esters is 1. The second-order valence-electron chi connectivity index (χ2n) is 9.60. The molecule has 8 nitrogen and oxygen atoms in total. The lowest BCUT2D eigenvalue weighted by molar-refractivity contribution is -0.274. The van der Waals surface area contributed by atoms with Gasteiger partial charge in [-0.25, -0.2) is 4.79 Å². The number of benzene rings is 2. The van der Waals surface area contributed by atoms with Gasteiger partial charge in [0.15, 0.2) is 11.2 Å². The van der Waals surface area contributed by atoms with E-state index in [9.17, 15) is 32.7 Å². The quantitative estimate of drug-likeness (QED) is 0.446. The molecule has 2 aromatic carbocycles. The van der Waals surface area contributed by atoms with E-state index in [0.717, 1.165) is 29.7 Å². The Bertz CT molecular complexity index is 1410. The smallest absolute Gasteiger partial charge is 0.422 e. The van der Waals surface area contributed by atoms with E-state index in [0.29, 0.717) is 0 Å². The van der Waals surface area contributed by atoms with Crippen molar-refractivity contribution < 1.29 is 37.0 Å². The Morgan fingerprint density at radius 3 is 2.38 bits per heavy atom. The summed E-state index contributed by atoms with van der Waals surface area (Å²) in [4.78, 5) is 36.0. The molecule has 37 heavy (non-hydrogen) atoms. The molecule has 0 saturated carbocycles. The Morgan fingerprint density at radius 1 is 1.16 bits per heavy atom. The molecule has 1 amide bonds. The number of fused-ring (bicyclic) bond motifs is 1. The van der Waals surface area contributed by atoms with Gasteiger partial charge in [0.2, 0.25) is 0 Å². The number of hydrogen-bond acceptors (Lipinski definition) is 6. The summed E-state index contributed by atoms with van der Waals surface area (Å²) in [6.45, 7) is 5.74. The summed E-state index contributed by atoms with van der Waals surface area (Å²) in [5.41, 5.74) is -4.62. The Labute approximate surface area is 215 Å². The highest BCUT2D eigenvalue weighted by Crippen LogP contribution is 2.50. The van der Waals surface area contributed by atoms with Crippen LogP contribution in [0.4, 0.5) is 13.2 Å². The van der Waals surface area contributed by atoms with E-state index in [1.165, 1.54) is 25.2 Å². The van der Waals surface area contributed by atoms with Gasteiger partial charge in [-0.2, -0.15) is 13.2 Å². The highest BCUT2D eigenvalue weighted by atomic mass is 35.5. The van der Waals surface area contributed by atoms with E-state index in [1.807, 2.05) is 0 Å². The van der Waals surface area contributed by atoms with Gasteiger partial charge in [0.25, 0.3) is 5.91 Å². The summed E-state index contributed by atoms with van der Waals surface area (Å²) in [5, 5.41) is 13.3. The predicted octanol–water partition coefficient (Wildman–Crippen LogP) is 4.41. The Morgan fingerprint density at radius 2 is 1.81 bits per heavy atom. The molecule has 0 aliphatic rings. The Kier molecular flexibility index (Phi) is 7.54. The van der Waals surface area contributed by atoms with Crippen LogP contribution < -0.4 is 11.1 Å². The highest BCUT2D eigenvalue weighted by molar-refractivity contribution is 6.31. The second-order valence-corrected chi connectivity index (χ2v) is 10.0. The summed E-state index contributed by atoms with van der Waals surface area (Å²) >= 11 is 6.27. The van der Waals surface area contributed by atoms with Crippen molar-refractivity contribution in [2.24, 2.45) is 7.05 Å². The average Bonchev–Trinajstić information content (AvgIpc) is 3.07. The first kappa shape index (κ1) is 28.3. The number of halogens is 4. The fraction of sp³-hybridized carbons (Fsp3) is 0.400. The van der Waals surface area contributed by atoms with Crippen LogP contribution >= 0.6 is 11.6 Å². The molecule has 200 valence electrons. The van der Waals surface area contributed by atoms with E-state index >= 15 is 0 Å². The lowest BCUT2D eigenvalue weighted by Gasteiger charge is -2.37. The number of rotatable bonds is 6. The number of carbonyl (C=O) groups excluding carboxylic acids is 2. The largest absolute Gasteiger partial charge is 0.459 e. The van der Waals surface area contributed by atoms with Crippen LogP contribution in [0, 0.1) is 0 Å². The molecule has 3 aromatic rings. The summed E-state index contributed by atoms with van der Waals surface area (Å²) < 4.78 is 54.2. The first-order chi connectivity index (χ1) is 17.0. The van der Waals surface area contributed by atoms with Crippen molar-refractivity contribution in [1.29, 1.82) is 0 Å². The fourth-order valence-corrected chi connectivity index (χ4v) is 4.24. The minimum absolute atomic E-state index is 0.00475. The lowest BCUT2D eigenvalue weighted by atomic mass is 9.77. The number of alkyl halides is 3. The molecular weight excluding hydrogens is 517 g/mol. The van der Waals surface area contributed by atoms with Gasteiger partial charge < -0.3 is 19.6 Å². The summed E-state index contributed by atoms with van der Waals surface area (Å²) in [7, 11) is 1.33. The number of hydrogen-bond donors (Lipinski definition) is 2. The number of amides is 1. The molecule has 2 atom stereocenters. The Hall–Kier alpha value is -3.31. The lowest BCUT2D eigenvalue weighted by Crippen LogP contribution is -2.46. The molecular formula is C25H26ClF3N2O6. The maximum Gasteiger partial charge on any atom is 0.422 e. The minimum Gasteiger partial charge on any atom is -0.459 e. The van der Waals surface area contributed by atoms with Gasteiger partial charge in [-0.3, -0.25) is 14.2 Å². The number of aliphatic hydroxyl groups is 1. The van der Waals surface area contributed by atoms with Crippen molar-refractivity contribution in [1.82, 2.24) is 9.88 Å². The van der Waals surface area contributed by atoms with Crippen molar-refractivity contribution in [3.63, 3.8) is 0 Å². The van der Waals surface area contributed by atoms with E-state index in [2.05, 4.69) is 5.32 Å². The molecule has 0 spiro atoms. The first-order valence-electron chi connectivity index (χ1n) is 11.1. The van der Waals surface area contributed by atoms with Gasteiger partial charge >= 0.3 is 17.9 Å². The maximum absolute atomic E-state index is 14.4. The average molecular weight is 543 g/mol. The van der Waals surface area contributed by atoms with Crippen LogP contribution in [0.2, 0.25) is 5.02 Å². The first-order valence-corrected chi connectivity index (χ1v) is 11.5. The van der Waals surface area contributed by atoms with Gasteiger partial charge in [-0.15, -0.1) is 0 Å². The van der Waals surface area contributed by atoms with Gasteiger partial charge in [0, 0.05) is 23.6 Å². The molecule has 1 aromatic heterocycles. The van der Waals surface area contributed by atoms with Crippen LogP contribution in [0.15, 0.2) is 45.6 Å². The number of nitrogens with one attached hydrogen (secondary N) is 1. The van der Waals surface area contributed by atoms with Crippen LogP contribution in [0.5, 0.6) is 0 Å². The zero-order valence-corrected chi connectivity index (χ0v) is 21.5. The Balaban J connectivity index is 1.93. The number of aryl methyl sites for hydroxylation is 1. The van der Waals surface area contributed by atoms with Crippen LogP contribution in [-0.4, -0.2) is 39.9 Å². The van der Waals surface area contributed by atoms with Gasteiger partial charge in [-0.05, 0) is 56.2 Å². The van der Waals surface area contributed by atoms with Crippen LogP contribution in [0.25, 0.3) is 11.1 Å². The van der Waals surface area contributed by atoms with Crippen LogP contribution in [0.3, 0.4) is 0 Å². The minimum atomic E-state index is -5.14. The molecule has 0 aliphatic heterocycles. The molecule has 3 rings (SSSR count). The highest BCUT2D eigenvalue weighted by Gasteiger charge is 2.59. The van der Waals surface area contributed by atoms with Crippen molar-refractivity contribution in [3.05, 3.63) is 68.7 Å². The van der Waals surface area contributed by atoms with E-state index in [-0.39, 0.29) is 27.2 Å². The van der Waals surface area contributed by atoms with E-state index in [4.69, 9.17) is 20.8 Å². The van der Waals surface area contributed by atoms with Crippen molar-refractivity contribution >= 4 is 34.6 Å². The maximum atomic E-state index is 14.4. The summed E-state index contributed by atoms with van der Waals surface area (Å²) in [5.74, 6) is -3.75. The third kappa shape index (κ3) is 5.67. The molecule has 0 bridgehead atoms. The third-order valence-electron chi connectivity index (χ3n) is 5.83. The zero-order chi connectivity index (χ0) is 27.9. The zero-order valence-electron chi connectivity index (χ0n) is 20.7. The van der Waals surface area contributed by atoms with Gasteiger partial charge in [0.05, 0.1) is 5.52 Å². The molecule has 0 aliphatic carbocycles.